The van der Waals surface area contributed by atoms with Gasteiger partial charge in [0.15, 0.2) is 12.2 Å². The van der Waals surface area contributed by atoms with Gasteiger partial charge in [0.2, 0.25) is 5.88 Å². The van der Waals surface area contributed by atoms with Gasteiger partial charge in [0.05, 0.1) is 12.8 Å². The molecule has 2 heterocycles. The van der Waals surface area contributed by atoms with Crippen LogP contribution in [0.5, 0.6) is 11.6 Å². The van der Waals surface area contributed by atoms with E-state index in [1.54, 1.807) is 13.0 Å². The summed E-state index contributed by atoms with van der Waals surface area (Å²) in [5.74, 6) is -5.61. The fourth-order valence-corrected chi connectivity index (χ4v) is 3.34. The van der Waals surface area contributed by atoms with Crippen LogP contribution < -0.4 is 9.47 Å². The lowest BCUT2D eigenvalue weighted by Gasteiger charge is -2.22. The predicted molar refractivity (Wildman–Crippen MR) is 108 cm³/mol. The third-order valence-corrected chi connectivity index (χ3v) is 5.37. The molecule has 1 aliphatic rings. The fraction of sp³-hybridized carbons (Fsp3) is 0.304. The molecule has 0 spiro atoms. The zero-order valence-corrected chi connectivity index (χ0v) is 17.7. The second kappa shape index (κ2) is 9.13. The lowest BCUT2D eigenvalue weighted by molar-refractivity contribution is -0.148. The maximum atomic E-state index is 14.3. The largest absolute Gasteiger partial charge is 0.487 e. The molecule has 1 saturated heterocycles. The molecule has 0 bridgehead atoms. The molecule has 1 aromatic heterocycles. The Morgan fingerprint density at radius 1 is 1.06 bits per heavy atom. The molecule has 0 radical (unpaired) electrons. The van der Waals surface area contributed by atoms with Gasteiger partial charge in [0.25, 0.3) is 0 Å². The topological polar surface area (TPSA) is 56.8 Å². The smallest absolute Gasteiger partial charge is 0.340 e. The molecule has 0 unspecified atom stereocenters. The summed E-state index contributed by atoms with van der Waals surface area (Å²) in [6.07, 6.45) is -3.08. The standard InChI is InChI=1S/C23H18F6N2O3/c1-13(22(11-33-22)18-7-4-16(24)9-19(18)25)34-20-8-15(10-30-31-20)14-2-5-17(6-3-14)32-12-23(28,29)21(26)27/h2-10,13,21H,11-12H2,1H3/t13-,22-/m1/s1. The van der Waals surface area contributed by atoms with Crippen LogP contribution in [0.25, 0.3) is 11.1 Å². The van der Waals surface area contributed by atoms with Crippen molar-refractivity contribution in [3.63, 3.8) is 0 Å². The Morgan fingerprint density at radius 3 is 2.38 bits per heavy atom. The highest BCUT2D eigenvalue weighted by molar-refractivity contribution is 5.64. The van der Waals surface area contributed by atoms with Crippen molar-refractivity contribution in [2.45, 2.75) is 31.0 Å². The molecule has 0 amide bonds. The van der Waals surface area contributed by atoms with Gasteiger partial charge in [-0.05, 0) is 30.7 Å². The minimum Gasteiger partial charge on any atom is -0.487 e. The van der Waals surface area contributed by atoms with E-state index in [0.717, 1.165) is 12.1 Å². The van der Waals surface area contributed by atoms with Crippen LogP contribution in [0.15, 0.2) is 54.7 Å². The van der Waals surface area contributed by atoms with Gasteiger partial charge in [-0.1, -0.05) is 18.2 Å². The van der Waals surface area contributed by atoms with E-state index < -0.39 is 42.3 Å². The summed E-state index contributed by atoms with van der Waals surface area (Å²) in [7, 11) is 0. The minimum atomic E-state index is -4.25. The van der Waals surface area contributed by atoms with E-state index >= 15 is 0 Å². The molecule has 1 fully saturated rings. The number of alkyl halides is 4. The maximum Gasteiger partial charge on any atom is 0.340 e. The third-order valence-electron chi connectivity index (χ3n) is 5.37. The zero-order chi connectivity index (χ0) is 24.5. The van der Waals surface area contributed by atoms with Crippen molar-refractivity contribution >= 4 is 0 Å². The van der Waals surface area contributed by atoms with Crippen LogP contribution in [-0.2, 0) is 10.3 Å². The quantitative estimate of drug-likeness (QED) is 0.301. The Hall–Kier alpha value is -3.34. The molecule has 4 rings (SSSR count). The SMILES string of the molecule is C[C@@H](Oc1cc(-c2ccc(OCC(F)(F)C(F)F)cc2)cnn1)[C@@]1(c2ccc(F)cc2F)CO1. The summed E-state index contributed by atoms with van der Waals surface area (Å²) < 4.78 is 94.1. The molecule has 0 N–H and O–H groups in total. The number of benzene rings is 2. The van der Waals surface area contributed by atoms with Gasteiger partial charge in [-0.25, -0.2) is 17.6 Å². The second-order valence-electron chi connectivity index (χ2n) is 7.72. The Labute approximate surface area is 190 Å². The van der Waals surface area contributed by atoms with Gasteiger partial charge in [-0.2, -0.15) is 13.9 Å². The Bertz CT molecular complexity index is 1160. The monoisotopic (exact) mass is 484 g/mol. The number of halogens is 6. The highest BCUT2D eigenvalue weighted by Gasteiger charge is 2.54. The average Bonchev–Trinajstić information content (AvgIpc) is 3.60. The first-order valence-corrected chi connectivity index (χ1v) is 10.1. The number of hydrogen-bond acceptors (Lipinski definition) is 5. The van der Waals surface area contributed by atoms with E-state index in [1.807, 2.05) is 0 Å². The Kier molecular flexibility index (Phi) is 6.39. The van der Waals surface area contributed by atoms with Crippen molar-refractivity contribution < 1.29 is 40.6 Å². The van der Waals surface area contributed by atoms with Crippen molar-refractivity contribution in [2.75, 3.05) is 13.2 Å². The number of nitrogens with zero attached hydrogens (tertiary/aromatic N) is 2. The summed E-state index contributed by atoms with van der Waals surface area (Å²) in [6.45, 7) is 0.385. The van der Waals surface area contributed by atoms with Crippen molar-refractivity contribution in [3.8, 4) is 22.8 Å². The van der Waals surface area contributed by atoms with Crippen molar-refractivity contribution in [3.05, 3.63) is 71.9 Å². The van der Waals surface area contributed by atoms with Gasteiger partial charge in [0, 0.05) is 23.3 Å². The van der Waals surface area contributed by atoms with Crippen LogP contribution in [0.2, 0.25) is 0 Å². The highest BCUT2D eigenvalue weighted by atomic mass is 19.3. The van der Waals surface area contributed by atoms with Crippen LogP contribution in [0.4, 0.5) is 26.3 Å². The summed E-state index contributed by atoms with van der Waals surface area (Å²) >= 11 is 0. The predicted octanol–water partition coefficient (Wildman–Crippen LogP) is 5.39. The number of aromatic nitrogens is 2. The number of ether oxygens (including phenoxy) is 3. The van der Waals surface area contributed by atoms with Crippen LogP contribution in [0.1, 0.15) is 12.5 Å². The first-order chi connectivity index (χ1) is 16.1. The van der Waals surface area contributed by atoms with Crippen LogP contribution in [0.3, 0.4) is 0 Å². The first kappa shape index (κ1) is 23.8. The van der Waals surface area contributed by atoms with Crippen molar-refractivity contribution in [1.29, 1.82) is 0 Å². The molecular weight excluding hydrogens is 466 g/mol. The van der Waals surface area contributed by atoms with Crippen molar-refractivity contribution in [2.24, 2.45) is 0 Å². The number of epoxide rings is 1. The molecule has 3 aromatic rings. The zero-order valence-electron chi connectivity index (χ0n) is 17.7. The van der Waals surface area contributed by atoms with Gasteiger partial charge >= 0.3 is 12.3 Å². The highest BCUT2D eigenvalue weighted by Crippen LogP contribution is 2.44. The van der Waals surface area contributed by atoms with Crippen LogP contribution in [0, 0.1) is 11.6 Å². The molecule has 180 valence electrons. The molecule has 1 aliphatic heterocycles. The molecule has 0 saturated carbocycles. The van der Waals surface area contributed by atoms with Gasteiger partial charge in [-0.15, -0.1) is 5.10 Å². The second-order valence-corrected chi connectivity index (χ2v) is 7.72. The lowest BCUT2D eigenvalue weighted by atomic mass is 9.94. The summed E-state index contributed by atoms with van der Waals surface area (Å²) in [5.41, 5.74) is 0.232. The van der Waals surface area contributed by atoms with E-state index in [2.05, 4.69) is 10.2 Å². The molecular formula is C23H18F6N2O3. The lowest BCUT2D eigenvalue weighted by Crippen LogP contribution is -2.33. The van der Waals surface area contributed by atoms with E-state index in [9.17, 15) is 26.3 Å². The Balaban J connectivity index is 1.45. The van der Waals surface area contributed by atoms with Crippen LogP contribution in [-0.4, -0.2) is 41.9 Å². The fourth-order valence-electron chi connectivity index (χ4n) is 3.34. The van der Waals surface area contributed by atoms with Gasteiger partial charge in [0.1, 0.15) is 23.5 Å². The van der Waals surface area contributed by atoms with Crippen LogP contribution >= 0.6 is 0 Å². The first-order valence-electron chi connectivity index (χ1n) is 10.1. The molecule has 11 heteroatoms. The number of rotatable bonds is 9. The summed E-state index contributed by atoms with van der Waals surface area (Å²) in [6, 6.07) is 10.5. The normalized spacial score (nSPS) is 18.6. The number of hydrogen-bond donors (Lipinski definition) is 0. The molecule has 2 aromatic carbocycles. The van der Waals surface area contributed by atoms with Gasteiger partial charge in [-0.3, -0.25) is 0 Å². The van der Waals surface area contributed by atoms with E-state index in [1.165, 1.54) is 36.5 Å². The summed E-state index contributed by atoms with van der Waals surface area (Å²) in [4.78, 5) is 0. The molecule has 2 atom stereocenters. The average molecular weight is 484 g/mol. The molecule has 0 aliphatic carbocycles. The van der Waals surface area contributed by atoms with Gasteiger partial charge < -0.3 is 14.2 Å². The van der Waals surface area contributed by atoms with E-state index in [0.29, 0.717) is 11.1 Å². The molecule has 5 nitrogen and oxygen atoms in total. The summed E-state index contributed by atoms with van der Waals surface area (Å²) in [5, 5.41) is 7.78. The maximum absolute atomic E-state index is 14.3. The Morgan fingerprint density at radius 2 is 1.76 bits per heavy atom. The van der Waals surface area contributed by atoms with E-state index in [4.69, 9.17) is 14.2 Å². The van der Waals surface area contributed by atoms with Crippen molar-refractivity contribution in [1.82, 2.24) is 10.2 Å². The minimum absolute atomic E-state index is 0.00895. The van der Waals surface area contributed by atoms with E-state index in [-0.39, 0.29) is 23.8 Å². The third kappa shape index (κ3) is 4.93. The molecule has 34 heavy (non-hydrogen) atoms.